The van der Waals surface area contributed by atoms with Crippen LogP contribution in [0.3, 0.4) is 0 Å². The Balaban J connectivity index is 2.46. The molecule has 0 aliphatic carbocycles. The maximum Gasteiger partial charge on any atom is 0.277 e. The predicted octanol–water partition coefficient (Wildman–Crippen LogP) is 3.80. The Labute approximate surface area is 103 Å². The molecule has 4 heteroatoms. The first-order valence-corrected chi connectivity index (χ1v) is 5.28. The van der Waals surface area contributed by atoms with Crippen LogP contribution in [0.1, 0.15) is 11.1 Å². The lowest BCUT2D eigenvalue weighted by Crippen LogP contribution is -1.95. The van der Waals surface area contributed by atoms with E-state index in [0.29, 0.717) is 16.7 Å². The van der Waals surface area contributed by atoms with Crippen molar-refractivity contribution in [3.63, 3.8) is 0 Å². The maximum absolute atomic E-state index is 12.8. The molecule has 0 aromatic heterocycles. The van der Waals surface area contributed by atoms with E-state index in [1.54, 1.807) is 30.3 Å². The zero-order chi connectivity index (χ0) is 13.1. The van der Waals surface area contributed by atoms with Gasteiger partial charge in [0.1, 0.15) is 5.82 Å². The molecule has 0 bridgehead atoms. The molecule has 0 spiro atoms. The summed E-state index contributed by atoms with van der Waals surface area (Å²) in [4.78, 5) is 10.5. The zero-order valence-electron chi connectivity index (χ0n) is 9.47. The lowest BCUT2D eigenvalue weighted by atomic mass is 9.98. The molecule has 3 nitrogen and oxygen atoms in total. The lowest BCUT2D eigenvalue weighted by Gasteiger charge is -2.06. The van der Waals surface area contributed by atoms with Gasteiger partial charge in [-0.2, -0.15) is 0 Å². The highest BCUT2D eigenvalue weighted by Crippen LogP contribution is 2.29. The lowest BCUT2D eigenvalue weighted by molar-refractivity contribution is -0.385. The first kappa shape index (κ1) is 12.0. The number of nitro benzene ring substituents is 1. The second kappa shape index (κ2) is 4.79. The smallest absolute Gasteiger partial charge is 0.258 e. The van der Waals surface area contributed by atoms with Gasteiger partial charge in [-0.1, -0.05) is 30.8 Å². The molecule has 0 heterocycles. The third-order valence-electron chi connectivity index (χ3n) is 2.62. The largest absolute Gasteiger partial charge is 0.277 e. The average Bonchev–Trinajstić information content (AvgIpc) is 2.39. The number of benzene rings is 2. The summed E-state index contributed by atoms with van der Waals surface area (Å²) >= 11 is 0. The molecule has 0 atom stereocenters. The van der Waals surface area contributed by atoms with Gasteiger partial charge in [0.25, 0.3) is 5.69 Å². The van der Waals surface area contributed by atoms with Crippen LogP contribution in [-0.4, -0.2) is 4.92 Å². The molecule has 0 amide bonds. The summed E-state index contributed by atoms with van der Waals surface area (Å²) in [6, 6.07) is 12.1. The minimum absolute atomic E-state index is 0.00757. The molecule has 0 saturated heterocycles. The topological polar surface area (TPSA) is 43.1 Å². The molecule has 0 unspecified atom stereocenters. The Hall–Kier alpha value is -2.49. The highest BCUT2D eigenvalue weighted by Gasteiger charge is 2.15. The van der Waals surface area contributed by atoms with Crippen molar-refractivity contribution in [3.05, 3.63) is 82.2 Å². The van der Waals surface area contributed by atoms with Gasteiger partial charge in [-0.15, -0.1) is 0 Å². The maximum atomic E-state index is 12.8. The predicted molar refractivity (Wildman–Crippen MR) is 67.6 cm³/mol. The van der Waals surface area contributed by atoms with Crippen molar-refractivity contribution in [1.82, 2.24) is 0 Å². The molecular weight excluding hydrogens is 233 g/mol. The summed E-state index contributed by atoms with van der Waals surface area (Å²) in [6.45, 7) is 3.84. The molecule has 2 aromatic carbocycles. The average molecular weight is 243 g/mol. The Bertz CT molecular complexity index is 605. The SMILES string of the molecule is C=C(c1ccc(F)cc1)c1ccccc1[N+](=O)[O-]. The quantitative estimate of drug-likeness (QED) is 0.608. The van der Waals surface area contributed by atoms with Gasteiger partial charge < -0.3 is 0 Å². The number of hydrogen-bond donors (Lipinski definition) is 0. The summed E-state index contributed by atoms with van der Waals surface area (Å²) in [5, 5.41) is 10.9. The van der Waals surface area contributed by atoms with E-state index in [1.165, 1.54) is 18.2 Å². The molecule has 0 saturated carbocycles. The summed E-state index contributed by atoms with van der Waals surface area (Å²) < 4.78 is 12.8. The molecule has 0 fully saturated rings. The molecule has 0 radical (unpaired) electrons. The third-order valence-corrected chi connectivity index (χ3v) is 2.62. The first-order chi connectivity index (χ1) is 8.59. The van der Waals surface area contributed by atoms with E-state index in [-0.39, 0.29) is 11.5 Å². The summed E-state index contributed by atoms with van der Waals surface area (Å²) in [5.41, 5.74) is 1.59. The van der Waals surface area contributed by atoms with Gasteiger partial charge in [0.05, 0.1) is 10.5 Å². The Morgan fingerprint density at radius 1 is 1.11 bits per heavy atom. The monoisotopic (exact) mass is 243 g/mol. The van der Waals surface area contributed by atoms with Gasteiger partial charge >= 0.3 is 0 Å². The third kappa shape index (κ3) is 2.27. The molecule has 0 N–H and O–H groups in total. The van der Waals surface area contributed by atoms with Crippen LogP contribution in [0.2, 0.25) is 0 Å². The van der Waals surface area contributed by atoms with Gasteiger partial charge in [0.15, 0.2) is 0 Å². The standard InChI is InChI=1S/C14H10FNO2/c1-10(11-6-8-12(15)9-7-11)13-4-2-3-5-14(13)16(17)18/h2-9H,1H2. The molecule has 18 heavy (non-hydrogen) atoms. The number of nitrogens with zero attached hydrogens (tertiary/aromatic N) is 1. The van der Waals surface area contributed by atoms with Crippen LogP contribution in [0.15, 0.2) is 55.1 Å². The molecule has 0 aliphatic rings. The molecular formula is C14H10FNO2. The molecule has 90 valence electrons. The van der Waals surface area contributed by atoms with Crippen LogP contribution in [0.4, 0.5) is 10.1 Å². The Morgan fingerprint density at radius 2 is 1.72 bits per heavy atom. The van der Waals surface area contributed by atoms with Crippen LogP contribution in [0.25, 0.3) is 5.57 Å². The summed E-state index contributed by atoms with van der Waals surface area (Å²) in [5.74, 6) is -0.353. The Morgan fingerprint density at radius 3 is 2.33 bits per heavy atom. The van der Waals surface area contributed by atoms with Gasteiger partial charge in [-0.05, 0) is 29.3 Å². The van der Waals surface area contributed by atoms with Gasteiger partial charge in [0.2, 0.25) is 0 Å². The minimum Gasteiger partial charge on any atom is -0.258 e. The van der Waals surface area contributed by atoms with Gasteiger partial charge in [0, 0.05) is 6.07 Å². The number of nitro groups is 1. The fourth-order valence-electron chi connectivity index (χ4n) is 1.69. The second-order valence-corrected chi connectivity index (χ2v) is 3.76. The highest BCUT2D eigenvalue weighted by molar-refractivity contribution is 5.82. The van der Waals surface area contributed by atoms with E-state index in [9.17, 15) is 14.5 Å². The zero-order valence-corrected chi connectivity index (χ0v) is 9.47. The second-order valence-electron chi connectivity index (χ2n) is 3.76. The number of para-hydroxylation sites is 1. The molecule has 0 aliphatic heterocycles. The van der Waals surface area contributed by atoms with Crippen LogP contribution in [0.5, 0.6) is 0 Å². The van der Waals surface area contributed by atoms with Crippen molar-refractivity contribution in [1.29, 1.82) is 0 Å². The van der Waals surface area contributed by atoms with E-state index in [0.717, 1.165) is 0 Å². The van der Waals surface area contributed by atoms with Crippen molar-refractivity contribution in [2.24, 2.45) is 0 Å². The van der Waals surface area contributed by atoms with E-state index >= 15 is 0 Å². The van der Waals surface area contributed by atoms with E-state index in [1.807, 2.05) is 0 Å². The van der Waals surface area contributed by atoms with Crippen molar-refractivity contribution in [2.45, 2.75) is 0 Å². The van der Waals surface area contributed by atoms with Crippen molar-refractivity contribution in [3.8, 4) is 0 Å². The van der Waals surface area contributed by atoms with Crippen molar-refractivity contribution in [2.75, 3.05) is 0 Å². The highest BCUT2D eigenvalue weighted by atomic mass is 19.1. The van der Waals surface area contributed by atoms with E-state index in [4.69, 9.17) is 0 Å². The van der Waals surface area contributed by atoms with Gasteiger partial charge in [-0.25, -0.2) is 4.39 Å². The number of halogens is 1. The van der Waals surface area contributed by atoms with E-state index in [2.05, 4.69) is 6.58 Å². The molecule has 2 rings (SSSR count). The summed E-state index contributed by atoms with van der Waals surface area (Å²) in [6.07, 6.45) is 0. The van der Waals surface area contributed by atoms with Gasteiger partial charge in [-0.3, -0.25) is 10.1 Å². The normalized spacial score (nSPS) is 10.1. The minimum atomic E-state index is -0.454. The summed E-state index contributed by atoms with van der Waals surface area (Å²) in [7, 11) is 0. The van der Waals surface area contributed by atoms with Crippen LogP contribution in [-0.2, 0) is 0 Å². The Kier molecular flexibility index (Phi) is 3.19. The van der Waals surface area contributed by atoms with Crippen LogP contribution >= 0.6 is 0 Å². The van der Waals surface area contributed by atoms with Crippen LogP contribution in [0, 0.1) is 15.9 Å². The number of rotatable bonds is 3. The van der Waals surface area contributed by atoms with Crippen LogP contribution < -0.4 is 0 Å². The van der Waals surface area contributed by atoms with Crippen molar-refractivity contribution < 1.29 is 9.31 Å². The fraction of sp³-hybridized carbons (Fsp3) is 0. The number of hydrogen-bond acceptors (Lipinski definition) is 2. The molecule has 2 aromatic rings. The van der Waals surface area contributed by atoms with Crippen molar-refractivity contribution >= 4 is 11.3 Å². The fourth-order valence-corrected chi connectivity index (χ4v) is 1.69. The first-order valence-electron chi connectivity index (χ1n) is 5.28. The van der Waals surface area contributed by atoms with E-state index < -0.39 is 4.92 Å².